The zero-order valence-electron chi connectivity index (χ0n) is 8.32. The molecule has 0 spiro atoms. The molecule has 76 valence electrons. The fourth-order valence-electron chi connectivity index (χ4n) is 1.01. The van der Waals surface area contributed by atoms with E-state index in [4.69, 9.17) is 5.73 Å². The minimum absolute atomic E-state index is 0.330. The van der Waals surface area contributed by atoms with Crippen molar-refractivity contribution in [3.05, 3.63) is 29.6 Å². The Morgan fingerprint density at radius 2 is 2.43 bits per heavy atom. The smallest absolute Gasteiger partial charge is 0.171 e. The summed E-state index contributed by atoms with van der Waals surface area (Å²) in [7, 11) is 3.33. The number of pyridine rings is 1. The van der Waals surface area contributed by atoms with Crippen molar-refractivity contribution in [3.63, 3.8) is 0 Å². The zero-order chi connectivity index (χ0) is 10.4. The molecule has 0 saturated heterocycles. The number of hydrogen-bond acceptors (Lipinski definition) is 4. The SMILES string of the molecule is CNCc1ccc(/C(N)=N/OC)cn1. The highest BCUT2D eigenvalue weighted by atomic mass is 16.6. The van der Waals surface area contributed by atoms with Gasteiger partial charge in [-0.05, 0) is 19.2 Å². The minimum Gasteiger partial charge on any atom is -0.397 e. The van der Waals surface area contributed by atoms with E-state index in [0.717, 1.165) is 17.8 Å². The Bertz CT molecular complexity index is 307. The molecule has 0 bridgehead atoms. The van der Waals surface area contributed by atoms with Crippen LogP contribution in [-0.4, -0.2) is 25.0 Å². The van der Waals surface area contributed by atoms with Crippen LogP contribution in [0.1, 0.15) is 11.3 Å². The predicted octanol–water partition coefficient (Wildman–Crippen LogP) is 0.0677. The van der Waals surface area contributed by atoms with Gasteiger partial charge in [-0.25, -0.2) is 0 Å². The van der Waals surface area contributed by atoms with Crippen molar-refractivity contribution in [1.29, 1.82) is 0 Å². The van der Waals surface area contributed by atoms with E-state index in [2.05, 4.69) is 20.3 Å². The fourth-order valence-corrected chi connectivity index (χ4v) is 1.01. The Morgan fingerprint density at radius 1 is 1.64 bits per heavy atom. The molecule has 0 aliphatic carbocycles. The second-order valence-corrected chi connectivity index (χ2v) is 2.73. The fraction of sp³-hybridized carbons (Fsp3) is 0.333. The maximum absolute atomic E-state index is 5.60. The van der Waals surface area contributed by atoms with Gasteiger partial charge in [-0.1, -0.05) is 5.16 Å². The average Bonchev–Trinajstić information content (AvgIpc) is 2.20. The number of amidine groups is 1. The number of nitrogens with one attached hydrogen (secondary N) is 1. The highest BCUT2D eigenvalue weighted by Gasteiger charge is 1.99. The number of oxime groups is 1. The summed E-state index contributed by atoms with van der Waals surface area (Å²) in [6, 6.07) is 3.75. The summed E-state index contributed by atoms with van der Waals surface area (Å²) in [5.41, 5.74) is 7.31. The van der Waals surface area contributed by atoms with Gasteiger partial charge in [0, 0.05) is 18.3 Å². The summed E-state index contributed by atoms with van der Waals surface area (Å²) in [5.74, 6) is 0.330. The van der Waals surface area contributed by atoms with Crippen LogP contribution in [-0.2, 0) is 11.4 Å². The van der Waals surface area contributed by atoms with Crippen LogP contribution in [0.15, 0.2) is 23.5 Å². The summed E-state index contributed by atoms with van der Waals surface area (Å²) >= 11 is 0. The number of hydrogen-bond donors (Lipinski definition) is 2. The van der Waals surface area contributed by atoms with Crippen molar-refractivity contribution in [1.82, 2.24) is 10.3 Å². The zero-order valence-corrected chi connectivity index (χ0v) is 8.32. The van der Waals surface area contributed by atoms with Crippen molar-refractivity contribution < 1.29 is 4.84 Å². The first kappa shape index (κ1) is 10.5. The van der Waals surface area contributed by atoms with Crippen LogP contribution >= 0.6 is 0 Å². The summed E-state index contributed by atoms with van der Waals surface area (Å²) in [6.45, 7) is 0.738. The molecule has 0 aromatic carbocycles. The van der Waals surface area contributed by atoms with Crippen LogP contribution in [0.25, 0.3) is 0 Å². The molecule has 3 N–H and O–H groups in total. The van der Waals surface area contributed by atoms with Gasteiger partial charge < -0.3 is 15.9 Å². The first-order valence-electron chi connectivity index (χ1n) is 4.24. The van der Waals surface area contributed by atoms with Crippen LogP contribution in [0.5, 0.6) is 0 Å². The molecule has 1 rings (SSSR count). The third-order valence-electron chi connectivity index (χ3n) is 1.67. The van der Waals surface area contributed by atoms with Gasteiger partial charge in [-0.2, -0.15) is 0 Å². The molecule has 0 unspecified atom stereocenters. The van der Waals surface area contributed by atoms with E-state index in [0.29, 0.717) is 5.84 Å². The van der Waals surface area contributed by atoms with Gasteiger partial charge in [0.2, 0.25) is 0 Å². The van der Waals surface area contributed by atoms with Crippen molar-refractivity contribution in [2.75, 3.05) is 14.2 Å². The van der Waals surface area contributed by atoms with E-state index in [1.807, 2.05) is 19.2 Å². The molecule has 0 fully saturated rings. The van der Waals surface area contributed by atoms with Gasteiger partial charge in [-0.15, -0.1) is 0 Å². The Morgan fingerprint density at radius 3 is 2.93 bits per heavy atom. The van der Waals surface area contributed by atoms with Crippen LogP contribution in [0, 0.1) is 0 Å². The lowest BCUT2D eigenvalue weighted by atomic mass is 10.2. The lowest BCUT2D eigenvalue weighted by Crippen LogP contribution is -2.14. The van der Waals surface area contributed by atoms with Crippen LogP contribution in [0.3, 0.4) is 0 Å². The van der Waals surface area contributed by atoms with E-state index in [1.165, 1.54) is 7.11 Å². The molecular weight excluding hydrogens is 180 g/mol. The van der Waals surface area contributed by atoms with Gasteiger partial charge >= 0.3 is 0 Å². The highest BCUT2D eigenvalue weighted by molar-refractivity contribution is 5.96. The van der Waals surface area contributed by atoms with Crippen molar-refractivity contribution in [3.8, 4) is 0 Å². The van der Waals surface area contributed by atoms with Crippen molar-refractivity contribution >= 4 is 5.84 Å². The van der Waals surface area contributed by atoms with E-state index in [-0.39, 0.29) is 0 Å². The number of nitrogens with zero attached hydrogens (tertiary/aromatic N) is 2. The molecule has 5 nitrogen and oxygen atoms in total. The van der Waals surface area contributed by atoms with Gasteiger partial charge in [-0.3, -0.25) is 4.98 Å². The van der Waals surface area contributed by atoms with Crippen LogP contribution < -0.4 is 11.1 Å². The van der Waals surface area contributed by atoms with Gasteiger partial charge in [0.25, 0.3) is 0 Å². The molecule has 0 aliphatic rings. The maximum atomic E-state index is 5.60. The minimum atomic E-state index is 0.330. The maximum Gasteiger partial charge on any atom is 0.171 e. The quantitative estimate of drug-likeness (QED) is 0.404. The Balaban J connectivity index is 2.77. The molecule has 0 aliphatic heterocycles. The molecule has 1 aromatic heterocycles. The number of aromatic nitrogens is 1. The monoisotopic (exact) mass is 194 g/mol. The molecule has 0 radical (unpaired) electrons. The van der Waals surface area contributed by atoms with Gasteiger partial charge in [0.15, 0.2) is 5.84 Å². The van der Waals surface area contributed by atoms with Crippen LogP contribution in [0.4, 0.5) is 0 Å². The predicted molar refractivity (Wildman–Crippen MR) is 54.7 cm³/mol. The molecular formula is C9H14N4O. The molecule has 1 heterocycles. The van der Waals surface area contributed by atoms with Crippen molar-refractivity contribution in [2.45, 2.75) is 6.54 Å². The van der Waals surface area contributed by atoms with E-state index < -0.39 is 0 Å². The van der Waals surface area contributed by atoms with Crippen molar-refractivity contribution in [2.24, 2.45) is 10.9 Å². The standard InChI is InChI=1S/C9H14N4O/c1-11-6-8-4-3-7(5-12-8)9(10)13-14-2/h3-5,11H,6H2,1-2H3,(H2,10,13). The van der Waals surface area contributed by atoms with Gasteiger partial charge in [0.05, 0.1) is 5.69 Å². The summed E-state index contributed by atoms with van der Waals surface area (Å²) in [6.07, 6.45) is 1.67. The summed E-state index contributed by atoms with van der Waals surface area (Å²) in [4.78, 5) is 8.75. The lowest BCUT2D eigenvalue weighted by Gasteiger charge is -2.01. The Labute approximate surface area is 83.0 Å². The Hall–Kier alpha value is -1.62. The molecule has 0 atom stereocenters. The van der Waals surface area contributed by atoms with Gasteiger partial charge in [0.1, 0.15) is 7.11 Å². The molecule has 0 saturated carbocycles. The highest BCUT2D eigenvalue weighted by Crippen LogP contribution is 1.99. The third kappa shape index (κ3) is 2.70. The second kappa shape index (κ2) is 5.18. The average molecular weight is 194 g/mol. The lowest BCUT2D eigenvalue weighted by molar-refractivity contribution is 0.213. The van der Waals surface area contributed by atoms with Crippen LogP contribution in [0.2, 0.25) is 0 Å². The Kier molecular flexibility index (Phi) is 3.87. The number of rotatable bonds is 4. The molecule has 5 heteroatoms. The topological polar surface area (TPSA) is 72.5 Å². The van der Waals surface area contributed by atoms with E-state index in [9.17, 15) is 0 Å². The first-order chi connectivity index (χ1) is 6.77. The first-order valence-corrected chi connectivity index (χ1v) is 4.24. The molecule has 1 aromatic rings. The summed E-state index contributed by atoms with van der Waals surface area (Å²) in [5, 5.41) is 6.62. The summed E-state index contributed by atoms with van der Waals surface area (Å²) < 4.78 is 0. The molecule has 14 heavy (non-hydrogen) atoms. The molecule has 0 amide bonds. The van der Waals surface area contributed by atoms with E-state index >= 15 is 0 Å². The number of nitrogens with two attached hydrogens (primary N) is 1. The third-order valence-corrected chi connectivity index (χ3v) is 1.67. The largest absolute Gasteiger partial charge is 0.397 e. The normalized spacial score (nSPS) is 11.4. The van der Waals surface area contributed by atoms with E-state index in [1.54, 1.807) is 6.20 Å². The second-order valence-electron chi connectivity index (χ2n) is 2.73.